The average Bonchev–Trinajstić information content (AvgIpc) is 3.21. The SMILES string of the molecule is CCCCCCCCCCCCCC/C=C/CC/C=C/CC/C=C/C(O)C(COP(=O)(O)OCC[N+](C)(C)C)NC(=O)CCCCCCCCCCCCCCCCCCC. The first-order valence-electron chi connectivity index (χ1n) is 25.9. The largest absolute Gasteiger partial charge is 0.472 e. The summed E-state index contributed by atoms with van der Waals surface area (Å²) in [6.45, 7) is 4.81. The van der Waals surface area contributed by atoms with Gasteiger partial charge in [-0.1, -0.05) is 224 Å². The van der Waals surface area contributed by atoms with Gasteiger partial charge in [-0.3, -0.25) is 13.8 Å². The fraction of sp³-hybridized carbons (Fsp3) is 0.865. The predicted octanol–water partition coefficient (Wildman–Crippen LogP) is 15.0. The standard InChI is InChI=1S/C52H101N2O6P/c1-6-8-10-12-14-16-18-20-22-24-25-26-27-28-30-31-33-35-37-39-41-43-45-51(55)50(49-60-61(57,58)59-48-47-54(3,4)5)53-52(56)46-44-42-40-38-36-34-32-29-23-21-19-17-15-13-11-9-7-2/h28,30,35,37,43,45,50-51,55H,6-27,29,31-34,36,38-42,44,46-49H2,1-5H3,(H-,53,56,57,58)/p+1/b30-28+,37-35+,45-43+. The van der Waals surface area contributed by atoms with Gasteiger partial charge >= 0.3 is 7.82 Å². The maximum atomic E-state index is 12.9. The van der Waals surface area contributed by atoms with Gasteiger partial charge in [-0.25, -0.2) is 4.57 Å². The minimum absolute atomic E-state index is 0.0549. The smallest absolute Gasteiger partial charge is 0.387 e. The van der Waals surface area contributed by atoms with Crippen LogP contribution in [-0.4, -0.2) is 73.4 Å². The van der Waals surface area contributed by atoms with Crippen molar-refractivity contribution in [2.45, 2.75) is 251 Å². The number of unbranched alkanes of at least 4 members (excludes halogenated alkanes) is 30. The summed E-state index contributed by atoms with van der Waals surface area (Å²) in [5.41, 5.74) is 0. The van der Waals surface area contributed by atoms with Crippen LogP contribution in [0.1, 0.15) is 239 Å². The van der Waals surface area contributed by atoms with Crippen LogP contribution < -0.4 is 5.32 Å². The van der Waals surface area contributed by atoms with Crippen LogP contribution >= 0.6 is 7.82 Å². The van der Waals surface area contributed by atoms with E-state index in [1.165, 1.54) is 173 Å². The average molecular weight is 882 g/mol. The summed E-state index contributed by atoms with van der Waals surface area (Å²) >= 11 is 0. The molecule has 8 nitrogen and oxygen atoms in total. The maximum Gasteiger partial charge on any atom is 0.472 e. The summed E-state index contributed by atoms with van der Waals surface area (Å²) in [5.74, 6) is -0.188. The van der Waals surface area contributed by atoms with Crippen LogP contribution in [0, 0.1) is 0 Å². The number of quaternary nitrogens is 1. The van der Waals surface area contributed by atoms with Gasteiger partial charge in [0, 0.05) is 6.42 Å². The first-order chi connectivity index (χ1) is 29.5. The lowest BCUT2D eigenvalue weighted by molar-refractivity contribution is -0.870. The number of aliphatic hydroxyl groups excluding tert-OH is 1. The summed E-state index contributed by atoms with van der Waals surface area (Å²) in [6.07, 6.45) is 55.1. The van der Waals surface area contributed by atoms with Crippen LogP contribution in [0.2, 0.25) is 0 Å². The number of phosphoric acid groups is 1. The molecule has 1 amide bonds. The summed E-state index contributed by atoms with van der Waals surface area (Å²) in [6, 6.07) is -0.866. The Morgan fingerprint density at radius 2 is 0.902 bits per heavy atom. The summed E-state index contributed by atoms with van der Waals surface area (Å²) in [7, 11) is 1.55. The van der Waals surface area contributed by atoms with Gasteiger partial charge in [0.2, 0.25) is 5.91 Å². The van der Waals surface area contributed by atoms with Gasteiger partial charge in [0.25, 0.3) is 0 Å². The minimum Gasteiger partial charge on any atom is -0.387 e. The second-order valence-corrected chi connectivity index (χ2v) is 20.3. The second kappa shape index (κ2) is 43.9. The Hall–Kier alpha value is -1.28. The molecule has 0 aliphatic carbocycles. The van der Waals surface area contributed by atoms with Crippen molar-refractivity contribution in [3.05, 3.63) is 36.5 Å². The predicted molar refractivity (Wildman–Crippen MR) is 263 cm³/mol. The van der Waals surface area contributed by atoms with Gasteiger partial charge in [0.1, 0.15) is 13.2 Å². The maximum absolute atomic E-state index is 12.9. The molecule has 0 aromatic heterocycles. The topological polar surface area (TPSA) is 105 Å². The number of allylic oxidation sites excluding steroid dienone is 5. The van der Waals surface area contributed by atoms with Crippen LogP contribution in [0.25, 0.3) is 0 Å². The van der Waals surface area contributed by atoms with Gasteiger partial charge in [0.05, 0.1) is 39.9 Å². The van der Waals surface area contributed by atoms with Crippen molar-refractivity contribution in [1.29, 1.82) is 0 Å². The van der Waals surface area contributed by atoms with E-state index in [0.29, 0.717) is 17.4 Å². The first-order valence-corrected chi connectivity index (χ1v) is 27.4. The van der Waals surface area contributed by atoms with E-state index >= 15 is 0 Å². The fourth-order valence-corrected chi connectivity index (χ4v) is 8.22. The quantitative estimate of drug-likeness (QED) is 0.0243. The van der Waals surface area contributed by atoms with Crippen molar-refractivity contribution in [3.8, 4) is 0 Å². The highest BCUT2D eigenvalue weighted by atomic mass is 31.2. The van der Waals surface area contributed by atoms with Crippen LogP contribution in [0.5, 0.6) is 0 Å². The number of hydrogen-bond donors (Lipinski definition) is 3. The number of carbonyl (C=O) groups excluding carboxylic acids is 1. The molecule has 0 aromatic carbocycles. The third kappa shape index (κ3) is 46.5. The summed E-state index contributed by atoms with van der Waals surface area (Å²) < 4.78 is 23.6. The molecule has 61 heavy (non-hydrogen) atoms. The molecule has 0 aliphatic rings. The Morgan fingerprint density at radius 3 is 1.31 bits per heavy atom. The number of carbonyl (C=O) groups is 1. The monoisotopic (exact) mass is 882 g/mol. The number of aliphatic hydroxyl groups is 1. The fourth-order valence-electron chi connectivity index (χ4n) is 7.49. The first kappa shape index (κ1) is 59.7. The highest BCUT2D eigenvalue weighted by Gasteiger charge is 2.27. The van der Waals surface area contributed by atoms with Crippen molar-refractivity contribution >= 4 is 13.7 Å². The van der Waals surface area contributed by atoms with Crippen molar-refractivity contribution in [2.24, 2.45) is 0 Å². The molecule has 0 fully saturated rings. The Labute approximate surface area is 378 Å². The van der Waals surface area contributed by atoms with E-state index in [9.17, 15) is 19.4 Å². The summed E-state index contributed by atoms with van der Waals surface area (Å²) in [5, 5.41) is 13.9. The van der Waals surface area contributed by atoms with Crippen molar-refractivity contribution in [3.63, 3.8) is 0 Å². The van der Waals surface area contributed by atoms with E-state index in [4.69, 9.17) is 9.05 Å². The highest BCUT2D eigenvalue weighted by molar-refractivity contribution is 7.47. The number of nitrogens with zero attached hydrogens (tertiary/aromatic N) is 1. The number of phosphoric ester groups is 1. The molecule has 3 unspecified atom stereocenters. The molecule has 9 heteroatoms. The van der Waals surface area contributed by atoms with Crippen molar-refractivity contribution in [1.82, 2.24) is 5.32 Å². The lowest BCUT2D eigenvalue weighted by atomic mass is 10.0. The normalized spacial score (nSPS) is 14.4. The molecule has 360 valence electrons. The molecule has 0 spiro atoms. The van der Waals surface area contributed by atoms with E-state index in [1.54, 1.807) is 6.08 Å². The molecule has 0 saturated carbocycles. The molecule has 3 N–H and O–H groups in total. The van der Waals surface area contributed by atoms with E-state index in [-0.39, 0.29) is 19.1 Å². The molecular weight excluding hydrogens is 780 g/mol. The number of hydrogen-bond acceptors (Lipinski definition) is 5. The number of nitrogens with one attached hydrogen (secondary N) is 1. The molecule has 3 atom stereocenters. The highest BCUT2D eigenvalue weighted by Crippen LogP contribution is 2.43. The van der Waals surface area contributed by atoms with Gasteiger partial charge < -0.3 is 19.8 Å². The van der Waals surface area contributed by atoms with Crippen LogP contribution in [0.3, 0.4) is 0 Å². The molecule has 0 radical (unpaired) electrons. The van der Waals surface area contributed by atoms with E-state index < -0.39 is 20.0 Å². The van der Waals surface area contributed by atoms with Crippen molar-refractivity contribution in [2.75, 3.05) is 40.9 Å². The lowest BCUT2D eigenvalue weighted by Crippen LogP contribution is -2.45. The molecule has 0 bridgehead atoms. The van der Waals surface area contributed by atoms with Gasteiger partial charge in [0.15, 0.2) is 0 Å². The van der Waals surface area contributed by atoms with Crippen LogP contribution in [-0.2, 0) is 18.4 Å². The third-order valence-electron chi connectivity index (χ3n) is 11.6. The van der Waals surface area contributed by atoms with Gasteiger partial charge in [-0.05, 0) is 44.9 Å². The van der Waals surface area contributed by atoms with Crippen LogP contribution in [0.15, 0.2) is 36.5 Å². The van der Waals surface area contributed by atoms with E-state index in [0.717, 1.165) is 44.9 Å². The van der Waals surface area contributed by atoms with E-state index in [1.807, 2.05) is 27.2 Å². The van der Waals surface area contributed by atoms with Gasteiger partial charge in [-0.2, -0.15) is 0 Å². The zero-order valence-corrected chi connectivity index (χ0v) is 41.8. The number of rotatable bonds is 47. The minimum atomic E-state index is -4.35. The number of amides is 1. The molecule has 0 saturated heterocycles. The van der Waals surface area contributed by atoms with Crippen LogP contribution in [0.4, 0.5) is 0 Å². The van der Waals surface area contributed by atoms with E-state index in [2.05, 4.69) is 43.5 Å². The molecule has 0 rings (SSSR count). The Balaban J connectivity index is 4.37. The Bertz CT molecular complexity index is 1090. The molecule has 0 heterocycles. The third-order valence-corrected chi connectivity index (χ3v) is 12.6. The van der Waals surface area contributed by atoms with Gasteiger partial charge in [-0.15, -0.1) is 0 Å². The van der Waals surface area contributed by atoms with Crippen molar-refractivity contribution < 1.29 is 32.9 Å². The summed E-state index contributed by atoms with van der Waals surface area (Å²) in [4.78, 5) is 23.2. The zero-order chi connectivity index (χ0) is 45.0. The Kier molecular flexibility index (Phi) is 43.0. The molecular formula is C52H102N2O6P+. The lowest BCUT2D eigenvalue weighted by Gasteiger charge is -2.25. The molecule has 0 aromatic rings. The Morgan fingerprint density at radius 1 is 0.541 bits per heavy atom. The zero-order valence-electron chi connectivity index (χ0n) is 40.9. The second-order valence-electron chi connectivity index (χ2n) is 18.9. The number of likely N-dealkylation sites (N-methyl/N-ethyl adjacent to an activating group) is 1. The molecule has 0 aliphatic heterocycles.